The highest BCUT2D eigenvalue weighted by atomic mass is 14.4. The van der Waals surface area contributed by atoms with Gasteiger partial charge in [0.05, 0.1) is 0 Å². The molecule has 0 aromatic rings. The molecule has 2 unspecified atom stereocenters. The Morgan fingerprint density at radius 1 is 0.810 bits per heavy atom. The zero-order valence-electron chi connectivity index (χ0n) is 14.5. The van der Waals surface area contributed by atoms with E-state index in [-0.39, 0.29) is 0 Å². The first-order valence-electron chi connectivity index (χ1n) is 10.0. The van der Waals surface area contributed by atoms with Crippen molar-refractivity contribution in [3.63, 3.8) is 0 Å². The van der Waals surface area contributed by atoms with Crippen LogP contribution < -0.4 is 0 Å². The van der Waals surface area contributed by atoms with Crippen molar-refractivity contribution in [3.05, 3.63) is 12.2 Å². The Hall–Kier alpha value is -0.260. The van der Waals surface area contributed by atoms with Gasteiger partial charge in [-0.2, -0.15) is 0 Å². The summed E-state index contributed by atoms with van der Waals surface area (Å²) >= 11 is 0. The Morgan fingerprint density at radius 3 is 1.81 bits per heavy atom. The molecule has 0 radical (unpaired) electrons. The van der Waals surface area contributed by atoms with Crippen molar-refractivity contribution in [1.82, 2.24) is 0 Å². The Balaban J connectivity index is 1.32. The highest BCUT2D eigenvalue weighted by Gasteiger charge is 2.39. The molecule has 2 atom stereocenters. The third-order valence-corrected chi connectivity index (χ3v) is 5.93. The van der Waals surface area contributed by atoms with Crippen molar-refractivity contribution < 1.29 is 0 Å². The molecule has 2 aliphatic rings. The lowest BCUT2D eigenvalue weighted by Gasteiger charge is -2.23. The van der Waals surface area contributed by atoms with Crippen LogP contribution in [-0.4, -0.2) is 0 Å². The number of unbranched alkanes of at least 4 members (excludes halogenated alkanes) is 11. The summed E-state index contributed by atoms with van der Waals surface area (Å²) in [4.78, 5) is 0. The first-order valence-corrected chi connectivity index (χ1v) is 10.0. The summed E-state index contributed by atoms with van der Waals surface area (Å²) in [7, 11) is 0. The van der Waals surface area contributed by atoms with Gasteiger partial charge in [0.2, 0.25) is 0 Å². The molecular weight excluding hydrogens is 252 g/mol. The summed E-state index contributed by atoms with van der Waals surface area (Å²) < 4.78 is 0. The van der Waals surface area contributed by atoms with E-state index < -0.39 is 0 Å². The van der Waals surface area contributed by atoms with Gasteiger partial charge in [0.15, 0.2) is 0 Å². The summed E-state index contributed by atoms with van der Waals surface area (Å²) in [5.74, 6) is 0.960. The maximum Gasteiger partial charge on any atom is -0.0112 e. The second-order valence-corrected chi connectivity index (χ2v) is 7.86. The number of hydrogen-bond acceptors (Lipinski definition) is 0. The highest BCUT2D eigenvalue weighted by Crippen LogP contribution is 2.51. The molecule has 1 fully saturated rings. The summed E-state index contributed by atoms with van der Waals surface area (Å²) in [6.07, 6.45) is 28.7. The van der Waals surface area contributed by atoms with Crippen LogP contribution in [0.4, 0.5) is 0 Å². The van der Waals surface area contributed by atoms with Gasteiger partial charge in [-0.3, -0.25) is 0 Å². The fourth-order valence-corrected chi connectivity index (χ4v) is 4.48. The Labute approximate surface area is 133 Å². The average Bonchev–Trinajstić information content (AvgIpc) is 3.09. The zero-order valence-corrected chi connectivity index (χ0v) is 14.5. The molecule has 0 aliphatic heterocycles. The first kappa shape index (κ1) is 17.1. The van der Waals surface area contributed by atoms with E-state index in [1.807, 2.05) is 0 Å². The van der Waals surface area contributed by atoms with E-state index in [2.05, 4.69) is 19.1 Å². The smallest absolute Gasteiger partial charge is 0.0112 e. The monoisotopic (exact) mass is 290 g/mol. The minimum Gasteiger partial charge on any atom is -0.0848 e. The highest BCUT2D eigenvalue weighted by molar-refractivity contribution is 5.15. The van der Waals surface area contributed by atoms with E-state index in [1.54, 1.807) is 0 Å². The fraction of sp³-hybridized carbons (Fsp3) is 0.905. The van der Waals surface area contributed by atoms with Crippen LogP contribution >= 0.6 is 0 Å². The minimum absolute atomic E-state index is 0.670. The maximum atomic E-state index is 2.57. The van der Waals surface area contributed by atoms with Crippen molar-refractivity contribution in [2.45, 2.75) is 110 Å². The first-order chi connectivity index (χ1) is 10.3. The summed E-state index contributed by atoms with van der Waals surface area (Å²) in [6.45, 7) is 2.30. The van der Waals surface area contributed by atoms with E-state index in [4.69, 9.17) is 0 Å². The van der Waals surface area contributed by atoms with Crippen molar-refractivity contribution in [2.75, 3.05) is 0 Å². The molecule has 2 rings (SSSR count). The molecule has 0 aromatic heterocycles. The second kappa shape index (κ2) is 9.70. The van der Waals surface area contributed by atoms with E-state index in [0.717, 1.165) is 5.92 Å². The number of allylic oxidation sites excluding steroid dienone is 2. The fourth-order valence-electron chi connectivity index (χ4n) is 4.48. The van der Waals surface area contributed by atoms with Gasteiger partial charge in [-0.05, 0) is 37.0 Å². The molecule has 0 saturated heterocycles. The van der Waals surface area contributed by atoms with Crippen LogP contribution in [0, 0.1) is 11.3 Å². The lowest BCUT2D eigenvalue weighted by atomic mass is 9.82. The van der Waals surface area contributed by atoms with Crippen molar-refractivity contribution in [3.8, 4) is 0 Å². The van der Waals surface area contributed by atoms with Crippen LogP contribution in [0.15, 0.2) is 12.2 Å². The molecule has 0 N–H and O–H groups in total. The van der Waals surface area contributed by atoms with Crippen LogP contribution in [0.1, 0.15) is 110 Å². The van der Waals surface area contributed by atoms with Gasteiger partial charge in [-0.1, -0.05) is 96.1 Å². The molecule has 0 amide bonds. The minimum atomic E-state index is 0.670. The van der Waals surface area contributed by atoms with Gasteiger partial charge in [-0.25, -0.2) is 0 Å². The third-order valence-electron chi connectivity index (χ3n) is 5.93. The summed E-state index contributed by atoms with van der Waals surface area (Å²) in [6, 6.07) is 0. The van der Waals surface area contributed by atoms with Crippen molar-refractivity contribution in [1.29, 1.82) is 0 Å². The SMILES string of the molecule is CCCCCCCCCCCCCCC12C=CC(CC1)C2. The molecule has 2 bridgehead atoms. The van der Waals surface area contributed by atoms with Gasteiger partial charge >= 0.3 is 0 Å². The average molecular weight is 291 g/mol. The van der Waals surface area contributed by atoms with Crippen molar-refractivity contribution in [2.24, 2.45) is 11.3 Å². The zero-order chi connectivity index (χ0) is 14.8. The molecule has 0 heterocycles. The van der Waals surface area contributed by atoms with Crippen LogP contribution in [0.2, 0.25) is 0 Å². The van der Waals surface area contributed by atoms with Crippen LogP contribution in [0.3, 0.4) is 0 Å². The largest absolute Gasteiger partial charge is 0.0848 e. The number of rotatable bonds is 13. The molecule has 0 spiro atoms. The lowest BCUT2D eigenvalue weighted by Crippen LogP contribution is -2.10. The molecule has 2 aliphatic carbocycles. The maximum absolute atomic E-state index is 2.57. The molecule has 1 saturated carbocycles. The van der Waals surface area contributed by atoms with Crippen LogP contribution in [0.25, 0.3) is 0 Å². The van der Waals surface area contributed by atoms with E-state index >= 15 is 0 Å². The van der Waals surface area contributed by atoms with Gasteiger partial charge in [-0.15, -0.1) is 0 Å². The van der Waals surface area contributed by atoms with E-state index in [0.29, 0.717) is 5.41 Å². The number of hydrogen-bond donors (Lipinski definition) is 0. The Kier molecular flexibility index (Phi) is 7.89. The summed E-state index contributed by atoms with van der Waals surface area (Å²) in [5, 5.41) is 0. The quantitative estimate of drug-likeness (QED) is 0.244. The normalized spacial score (nSPS) is 26.8. The lowest BCUT2D eigenvalue weighted by molar-refractivity contribution is 0.350. The standard InChI is InChI=1S/C21H38/c1-2-3-4-5-6-7-8-9-10-11-12-13-16-21-17-14-20(19-21)15-18-21/h14,17,20H,2-13,15-16,18-19H2,1H3. The Morgan fingerprint density at radius 2 is 1.38 bits per heavy atom. The molecule has 21 heavy (non-hydrogen) atoms. The topological polar surface area (TPSA) is 0 Å². The van der Waals surface area contributed by atoms with Crippen LogP contribution in [-0.2, 0) is 0 Å². The molecule has 0 nitrogen and oxygen atoms in total. The number of fused-ring (bicyclic) bond motifs is 2. The Bertz CT molecular complexity index is 290. The second-order valence-electron chi connectivity index (χ2n) is 7.86. The molecule has 122 valence electrons. The van der Waals surface area contributed by atoms with E-state index in [1.165, 1.54) is 103 Å². The predicted octanol–water partition coefficient (Wildman–Crippen LogP) is 7.43. The summed E-state index contributed by atoms with van der Waals surface area (Å²) in [5.41, 5.74) is 0.670. The molecule has 0 aromatic carbocycles. The van der Waals surface area contributed by atoms with Gasteiger partial charge in [0, 0.05) is 0 Å². The van der Waals surface area contributed by atoms with Gasteiger partial charge in [0.1, 0.15) is 0 Å². The van der Waals surface area contributed by atoms with E-state index in [9.17, 15) is 0 Å². The molecule has 0 heteroatoms. The molecular formula is C21H38. The van der Waals surface area contributed by atoms with Gasteiger partial charge < -0.3 is 0 Å². The van der Waals surface area contributed by atoms with Gasteiger partial charge in [0.25, 0.3) is 0 Å². The van der Waals surface area contributed by atoms with Crippen LogP contribution in [0.5, 0.6) is 0 Å². The van der Waals surface area contributed by atoms with Crippen molar-refractivity contribution >= 4 is 0 Å². The third kappa shape index (κ3) is 6.17. The predicted molar refractivity (Wildman–Crippen MR) is 94.6 cm³/mol.